The summed E-state index contributed by atoms with van der Waals surface area (Å²) < 4.78 is 6.51. The van der Waals surface area contributed by atoms with E-state index < -0.39 is 5.97 Å². The number of ether oxygens (including phenoxy) is 1. The maximum absolute atomic E-state index is 12.1. The molecule has 0 aromatic carbocycles. The second-order valence-corrected chi connectivity index (χ2v) is 6.75. The minimum atomic E-state index is -0.731. The van der Waals surface area contributed by atoms with E-state index in [1.165, 1.54) is 10.9 Å². The van der Waals surface area contributed by atoms with Gasteiger partial charge in [-0.15, -0.1) is 5.10 Å². The number of aromatic nitrogens is 4. The Hall–Kier alpha value is -2.51. The van der Waals surface area contributed by atoms with Gasteiger partial charge in [0.15, 0.2) is 6.61 Å². The highest BCUT2D eigenvalue weighted by atomic mass is 16.5. The zero-order valence-electron chi connectivity index (χ0n) is 14.7. The van der Waals surface area contributed by atoms with Crippen molar-refractivity contribution < 1.29 is 14.3 Å². The number of aryl methyl sites for hydroxylation is 1. The second kappa shape index (κ2) is 7.16. The maximum atomic E-state index is 12.1. The molecule has 1 amide bonds. The Bertz CT molecular complexity index is 788. The molecule has 1 aliphatic rings. The van der Waals surface area contributed by atoms with Gasteiger partial charge in [-0.3, -0.25) is 4.79 Å². The Morgan fingerprint density at radius 2 is 2.16 bits per heavy atom. The molecule has 0 saturated heterocycles. The lowest BCUT2D eigenvalue weighted by Crippen LogP contribution is -2.45. The molecule has 0 aliphatic heterocycles. The molecule has 8 heteroatoms. The van der Waals surface area contributed by atoms with Gasteiger partial charge in [-0.25, -0.2) is 14.3 Å². The molecule has 1 N–H and O–H groups in total. The van der Waals surface area contributed by atoms with Crippen LogP contribution in [0.4, 0.5) is 0 Å². The fraction of sp³-hybridized carbons (Fsp3) is 0.588. The van der Waals surface area contributed by atoms with Crippen molar-refractivity contribution >= 4 is 17.7 Å². The number of nitrogens with one attached hydrogen (secondary N) is 1. The molecule has 2 heterocycles. The highest BCUT2D eigenvalue weighted by Gasteiger charge is 2.28. The monoisotopic (exact) mass is 345 g/mol. The summed E-state index contributed by atoms with van der Waals surface area (Å²) in [5.74, 6) is 0.195. The topological polar surface area (TPSA) is 98.5 Å². The first kappa shape index (κ1) is 17.3. The molecule has 1 fully saturated rings. The molecular weight excluding hydrogens is 322 g/mol. The number of hydrogen-bond acceptors (Lipinski definition) is 6. The number of rotatable bonds is 4. The number of carbonyl (C=O) groups excluding carboxylic acids is 2. The van der Waals surface area contributed by atoms with E-state index in [0.29, 0.717) is 17.6 Å². The number of carbonyl (C=O) groups is 2. The summed E-state index contributed by atoms with van der Waals surface area (Å²) in [5.41, 5.74) is 0.801. The zero-order chi connectivity index (χ0) is 18.0. The lowest BCUT2D eigenvalue weighted by molar-refractivity contribution is -0.125. The van der Waals surface area contributed by atoms with Gasteiger partial charge in [0.1, 0.15) is 0 Å². The fourth-order valence-electron chi connectivity index (χ4n) is 3.22. The van der Waals surface area contributed by atoms with Crippen LogP contribution in [0.15, 0.2) is 12.3 Å². The summed E-state index contributed by atoms with van der Waals surface area (Å²) in [6, 6.07) is 1.89. The van der Waals surface area contributed by atoms with Crippen molar-refractivity contribution in [3.8, 4) is 0 Å². The third kappa shape index (κ3) is 3.78. The van der Waals surface area contributed by atoms with Gasteiger partial charge in [0.25, 0.3) is 17.5 Å². The molecule has 2 aromatic heterocycles. The second-order valence-electron chi connectivity index (χ2n) is 6.75. The van der Waals surface area contributed by atoms with Crippen LogP contribution in [0.5, 0.6) is 0 Å². The molecule has 0 bridgehead atoms. The molecular formula is C17H23N5O3. The van der Waals surface area contributed by atoms with Gasteiger partial charge in [-0.05, 0) is 31.2 Å². The molecule has 134 valence electrons. The number of nitrogens with zero attached hydrogens (tertiary/aromatic N) is 4. The van der Waals surface area contributed by atoms with Gasteiger partial charge in [0.05, 0.1) is 0 Å². The zero-order valence-corrected chi connectivity index (χ0v) is 14.7. The van der Waals surface area contributed by atoms with Crippen molar-refractivity contribution in [2.45, 2.75) is 46.1 Å². The molecule has 3 atom stereocenters. The lowest BCUT2D eigenvalue weighted by Gasteiger charge is -2.34. The van der Waals surface area contributed by atoms with Crippen LogP contribution in [0.1, 0.15) is 49.4 Å². The first-order valence-electron chi connectivity index (χ1n) is 8.60. The van der Waals surface area contributed by atoms with Crippen LogP contribution in [0.2, 0.25) is 0 Å². The third-order valence-electron chi connectivity index (χ3n) is 5.00. The molecule has 3 rings (SSSR count). The molecule has 0 unspecified atom stereocenters. The summed E-state index contributed by atoms with van der Waals surface area (Å²) in [6.45, 7) is 5.85. The summed E-state index contributed by atoms with van der Waals surface area (Å²) >= 11 is 0. The number of esters is 1. The third-order valence-corrected chi connectivity index (χ3v) is 5.00. The van der Waals surface area contributed by atoms with E-state index >= 15 is 0 Å². The normalized spacial score (nSPS) is 23.4. The van der Waals surface area contributed by atoms with Crippen molar-refractivity contribution in [2.75, 3.05) is 6.61 Å². The SMILES string of the molecule is Cc1ccnc2nc(C(=O)OCC(=O)N[C@@H]3CCC[C@H](C)[C@H]3C)nn12. The predicted octanol–water partition coefficient (Wildman–Crippen LogP) is 1.53. The van der Waals surface area contributed by atoms with Crippen LogP contribution in [0.3, 0.4) is 0 Å². The van der Waals surface area contributed by atoms with Gasteiger partial charge in [-0.2, -0.15) is 4.98 Å². The Balaban J connectivity index is 1.56. The number of fused-ring (bicyclic) bond motifs is 1. The Morgan fingerprint density at radius 1 is 1.36 bits per heavy atom. The van der Waals surface area contributed by atoms with Crippen molar-refractivity contribution in [3.05, 3.63) is 23.8 Å². The minimum absolute atomic E-state index is 0.103. The highest BCUT2D eigenvalue weighted by molar-refractivity contribution is 5.88. The summed E-state index contributed by atoms with van der Waals surface area (Å²) in [4.78, 5) is 32.2. The summed E-state index contributed by atoms with van der Waals surface area (Å²) in [5, 5.41) is 7.03. The number of hydrogen-bond donors (Lipinski definition) is 1. The standard InChI is InChI=1S/C17H23N5O3/c1-10-5-4-6-13(12(10)3)19-14(23)9-25-16(24)15-20-17-18-8-7-11(2)22(17)21-15/h7-8,10,12-13H,4-6,9H2,1-3H3,(H,19,23)/t10-,12+,13+/m0/s1. The summed E-state index contributed by atoms with van der Waals surface area (Å²) in [6.07, 6.45) is 4.85. The van der Waals surface area contributed by atoms with E-state index in [-0.39, 0.29) is 24.4 Å². The van der Waals surface area contributed by atoms with Crippen molar-refractivity contribution in [2.24, 2.45) is 11.8 Å². The van der Waals surface area contributed by atoms with Crippen LogP contribution in [0, 0.1) is 18.8 Å². The first-order valence-corrected chi connectivity index (χ1v) is 8.60. The molecule has 1 saturated carbocycles. The van der Waals surface area contributed by atoms with Crippen molar-refractivity contribution in [1.29, 1.82) is 0 Å². The molecule has 2 aromatic rings. The van der Waals surface area contributed by atoms with Gasteiger partial charge in [0.2, 0.25) is 0 Å². The van der Waals surface area contributed by atoms with E-state index in [2.05, 4.69) is 34.2 Å². The molecule has 1 aliphatic carbocycles. The summed E-state index contributed by atoms with van der Waals surface area (Å²) in [7, 11) is 0. The molecule has 0 spiro atoms. The fourth-order valence-corrected chi connectivity index (χ4v) is 3.22. The minimum Gasteiger partial charge on any atom is -0.450 e. The number of amides is 1. The average molecular weight is 345 g/mol. The maximum Gasteiger partial charge on any atom is 0.378 e. The van der Waals surface area contributed by atoms with Crippen LogP contribution in [-0.2, 0) is 9.53 Å². The largest absolute Gasteiger partial charge is 0.450 e. The van der Waals surface area contributed by atoms with Gasteiger partial charge in [0, 0.05) is 17.9 Å². The molecule has 8 nitrogen and oxygen atoms in total. The van der Waals surface area contributed by atoms with E-state index in [1.807, 2.05) is 6.92 Å². The van der Waals surface area contributed by atoms with Crippen molar-refractivity contribution in [3.63, 3.8) is 0 Å². The van der Waals surface area contributed by atoms with Gasteiger partial charge < -0.3 is 10.1 Å². The van der Waals surface area contributed by atoms with Gasteiger partial charge in [-0.1, -0.05) is 26.7 Å². The van der Waals surface area contributed by atoms with E-state index in [4.69, 9.17) is 4.74 Å². The average Bonchev–Trinajstić information content (AvgIpc) is 3.03. The molecule has 0 radical (unpaired) electrons. The van der Waals surface area contributed by atoms with Crippen molar-refractivity contribution in [1.82, 2.24) is 24.9 Å². The Labute approximate surface area is 146 Å². The van der Waals surface area contributed by atoms with Crippen LogP contribution in [0.25, 0.3) is 5.78 Å². The molecule has 25 heavy (non-hydrogen) atoms. The smallest absolute Gasteiger partial charge is 0.378 e. The lowest BCUT2D eigenvalue weighted by atomic mass is 9.78. The van der Waals surface area contributed by atoms with E-state index in [1.54, 1.807) is 12.3 Å². The quantitative estimate of drug-likeness (QED) is 0.844. The van der Waals surface area contributed by atoms with Crippen LogP contribution < -0.4 is 5.32 Å². The van der Waals surface area contributed by atoms with Gasteiger partial charge >= 0.3 is 5.97 Å². The highest BCUT2D eigenvalue weighted by Crippen LogP contribution is 2.29. The first-order chi connectivity index (χ1) is 12.0. The Kier molecular flexibility index (Phi) is 4.96. The Morgan fingerprint density at radius 3 is 2.92 bits per heavy atom. The van der Waals surface area contributed by atoms with Crippen LogP contribution >= 0.6 is 0 Å². The van der Waals surface area contributed by atoms with E-state index in [9.17, 15) is 9.59 Å². The van der Waals surface area contributed by atoms with Crippen LogP contribution in [-0.4, -0.2) is 44.1 Å². The predicted molar refractivity (Wildman–Crippen MR) is 89.9 cm³/mol. The van der Waals surface area contributed by atoms with E-state index in [0.717, 1.165) is 18.5 Å².